The molecule has 2 rings (SSSR count). The van der Waals surface area contributed by atoms with E-state index in [9.17, 15) is 9.18 Å². The van der Waals surface area contributed by atoms with Gasteiger partial charge in [-0.1, -0.05) is 41.4 Å². The van der Waals surface area contributed by atoms with Crippen molar-refractivity contribution in [2.24, 2.45) is 0 Å². The number of carbonyl (C=O) groups is 1. The van der Waals surface area contributed by atoms with Gasteiger partial charge in [0.1, 0.15) is 5.82 Å². The lowest BCUT2D eigenvalue weighted by molar-refractivity contribution is 0.102. The predicted molar refractivity (Wildman–Crippen MR) is 70.8 cm³/mol. The summed E-state index contributed by atoms with van der Waals surface area (Å²) in [5, 5.41) is 2.67. The molecule has 0 aromatic heterocycles. The molecule has 0 aliphatic rings. The fourth-order valence-corrected chi connectivity index (χ4v) is 1.99. The first-order valence-corrected chi connectivity index (χ1v) is 5.84. The molecule has 0 heterocycles. The van der Waals surface area contributed by atoms with E-state index in [4.69, 9.17) is 23.2 Å². The van der Waals surface area contributed by atoms with Crippen LogP contribution in [0.3, 0.4) is 0 Å². The summed E-state index contributed by atoms with van der Waals surface area (Å²) >= 11 is 11.7. The van der Waals surface area contributed by atoms with Gasteiger partial charge in [0.25, 0.3) is 5.91 Å². The van der Waals surface area contributed by atoms with Gasteiger partial charge in [-0.25, -0.2) is 4.39 Å². The lowest BCUT2D eigenvalue weighted by Crippen LogP contribution is -2.12. The van der Waals surface area contributed by atoms with E-state index in [1.807, 2.05) is 0 Å². The molecule has 18 heavy (non-hydrogen) atoms. The molecule has 0 aliphatic heterocycles. The molecule has 0 atom stereocenters. The van der Waals surface area contributed by atoms with Crippen LogP contribution >= 0.6 is 23.2 Å². The van der Waals surface area contributed by atoms with Gasteiger partial charge in [-0.15, -0.1) is 0 Å². The SMILES string of the molecule is O=C(Nc1c(Cl)cc(F)cc1Cl)c1ccccc1. The Bertz CT molecular complexity index is 564. The first kappa shape index (κ1) is 12.9. The zero-order chi connectivity index (χ0) is 13.1. The maximum Gasteiger partial charge on any atom is 0.255 e. The molecule has 1 N–H and O–H groups in total. The summed E-state index contributed by atoms with van der Waals surface area (Å²) < 4.78 is 13.0. The van der Waals surface area contributed by atoms with Gasteiger partial charge in [0.15, 0.2) is 0 Å². The van der Waals surface area contributed by atoms with Crippen molar-refractivity contribution < 1.29 is 9.18 Å². The summed E-state index contributed by atoms with van der Waals surface area (Å²) in [5.74, 6) is -0.909. The summed E-state index contributed by atoms with van der Waals surface area (Å²) in [6, 6.07) is 10.8. The zero-order valence-electron chi connectivity index (χ0n) is 9.08. The standard InChI is InChI=1S/C13H8Cl2FNO/c14-10-6-9(16)7-11(15)12(10)17-13(18)8-4-2-1-3-5-8/h1-7H,(H,17,18). The van der Waals surface area contributed by atoms with Crippen molar-refractivity contribution in [1.82, 2.24) is 0 Å². The molecular weight excluding hydrogens is 276 g/mol. The van der Waals surface area contributed by atoms with Crippen molar-refractivity contribution in [1.29, 1.82) is 0 Å². The van der Waals surface area contributed by atoms with Crippen molar-refractivity contribution in [3.8, 4) is 0 Å². The van der Waals surface area contributed by atoms with Gasteiger partial charge in [-0.2, -0.15) is 0 Å². The van der Waals surface area contributed by atoms with Crippen LogP contribution in [-0.4, -0.2) is 5.91 Å². The van der Waals surface area contributed by atoms with Crippen LogP contribution in [0.15, 0.2) is 42.5 Å². The van der Waals surface area contributed by atoms with Gasteiger partial charge < -0.3 is 5.32 Å². The highest BCUT2D eigenvalue weighted by Crippen LogP contribution is 2.31. The monoisotopic (exact) mass is 283 g/mol. The molecule has 0 radical (unpaired) electrons. The van der Waals surface area contributed by atoms with Gasteiger partial charge in [0.2, 0.25) is 0 Å². The van der Waals surface area contributed by atoms with Crippen LogP contribution in [0.4, 0.5) is 10.1 Å². The summed E-state index contributed by atoms with van der Waals surface area (Å²) in [4.78, 5) is 11.9. The summed E-state index contributed by atoms with van der Waals surface area (Å²) in [5.41, 5.74) is 0.669. The van der Waals surface area contributed by atoms with Gasteiger partial charge in [-0.3, -0.25) is 4.79 Å². The van der Waals surface area contributed by atoms with Crippen LogP contribution in [0, 0.1) is 5.82 Å². The summed E-state index contributed by atoms with van der Waals surface area (Å²) in [6.45, 7) is 0. The van der Waals surface area contributed by atoms with Crippen LogP contribution < -0.4 is 5.32 Å². The molecule has 2 aromatic rings. The molecule has 0 saturated carbocycles. The third-order valence-corrected chi connectivity index (χ3v) is 2.88. The minimum Gasteiger partial charge on any atom is -0.319 e. The Labute approximate surface area is 113 Å². The number of anilines is 1. The van der Waals surface area contributed by atoms with E-state index in [0.717, 1.165) is 12.1 Å². The average Bonchev–Trinajstić information content (AvgIpc) is 2.34. The highest BCUT2D eigenvalue weighted by Gasteiger charge is 2.12. The molecule has 92 valence electrons. The Morgan fingerprint density at radius 2 is 1.61 bits per heavy atom. The molecule has 0 saturated heterocycles. The molecule has 2 aromatic carbocycles. The van der Waals surface area contributed by atoms with Crippen LogP contribution in [-0.2, 0) is 0 Å². The number of hydrogen-bond acceptors (Lipinski definition) is 1. The van der Waals surface area contributed by atoms with Crippen molar-refractivity contribution in [2.75, 3.05) is 5.32 Å². The summed E-state index contributed by atoms with van der Waals surface area (Å²) in [7, 11) is 0. The van der Waals surface area contributed by atoms with E-state index in [1.54, 1.807) is 30.3 Å². The van der Waals surface area contributed by atoms with Crippen LogP contribution in [0.1, 0.15) is 10.4 Å². The topological polar surface area (TPSA) is 29.1 Å². The molecule has 1 amide bonds. The van der Waals surface area contributed by atoms with Crippen molar-refractivity contribution in [3.63, 3.8) is 0 Å². The van der Waals surface area contributed by atoms with E-state index in [-0.39, 0.29) is 21.6 Å². The zero-order valence-corrected chi connectivity index (χ0v) is 10.6. The molecule has 0 fully saturated rings. The number of rotatable bonds is 2. The Kier molecular flexibility index (Phi) is 3.84. The van der Waals surface area contributed by atoms with E-state index < -0.39 is 5.82 Å². The van der Waals surface area contributed by atoms with Gasteiger partial charge >= 0.3 is 0 Å². The lowest BCUT2D eigenvalue weighted by atomic mass is 10.2. The first-order chi connectivity index (χ1) is 8.58. The lowest BCUT2D eigenvalue weighted by Gasteiger charge is -2.09. The maximum atomic E-state index is 13.0. The quantitative estimate of drug-likeness (QED) is 0.870. The fourth-order valence-electron chi connectivity index (χ4n) is 1.44. The molecule has 5 heteroatoms. The van der Waals surface area contributed by atoms with E-state index in [1.165, 1.54) is 0 Å². The molecule has 0 aliphatic carbocycles. The molecule has 0 bridgehead atoms. The highest BCUT2D eigenvalue weighted by atomic mass is 35.5. The van der Waals surface area contributed by atoms with Gasteiger partial charge in [0.05, 0.1) is 15.7 Å². The van der Waals surface area contributed by atoms with Crippen LogP contribution in [0.5, 0.6) is 0 Å². The number of amides is 1. The maximum absolute atomic E-state index is 13.0. The van der Waals surface area contributed by atoms with Crippen LogP contribution in [0.2, 0.25) is 10.0 Å². The number of benzene rings is 2. The van der Waals surface area contributed by atoms with Crippen molar-refractivity contribution in [2.45, 2.75) is 0 Å². The number of nitrogens with one attached hydrogen (secondary N) is 1. The van der Waals surface area contributed by atoms with E-state index in [0.29, 0.717) is 5.56 Å². The first-order valence-electron chi connectivity index (χ1n) is 5.09. The normalized spacial score (nSPS) is 10.2. The molecular formula is C13H8Cl2FNO. The number of halogens is 3. The molecule has 0 spiro atoms. The second-order valence-corrected chi connectivity index (χ2v) is 4.38. The number of carbonyl (C=O) groups excluding carboxylic acids is 1. The second kappa shape index (κ2) is 5.38. The average molecular weight is 284 g/mol. The molecule has 2 nitrogen and oxygen atoms in total. The Hall–Kier alpha value is -1.58. The minimum atomic E-state index is -0.553. The smallest absolute Gasteiger partial charge is 0.255 e. The van der Waals surface area contributed by atoms with Crippen molar-refractivity contribution in [3.05, 3.63) is 63.9 Å². The minimum absolute atomic E-state index is 0.0595. The summed E-state index contributed by atoms with van der Waals surface area (Å²) in [6.07, 6.45) is 0. The Morgan fingerprint density at radius 1 is 1.06 bits per heavy atom. The predicted octanol–water partition coefficient (Wildman–Crippen LogP) is 4.38. The Balaban J connectivity index is 2.28. The van der Waals surface area contributed by atoms with Crippen LogP contribution in [0.25, 0.3) is 0 Å². The van der Waals surface area contributed by atoms with E-state index in [2.05, 4.69) is 5.32 Å². The van der Waals surface area contributed by atoms with E-state index >= 15 is 0 Å². The third kappa shape index (κ3) is 2.81. The van der Waals surface area contributed by atoms with Crippen molar-refractivity contribution >= 4 is 34.8 Å². The third-order valence-electron chi connectivity index (χ3n) is 2.28. The fraction of sp³-hybridized carbons (Fsp3) is 0. The highest BCUT2D eigenvalue weighted by molar-refractivity contribution is 6.40. The van der Waals surface area contributed by atoms with Gasteiger partial charge in [0, 0.05) is 5.56 Å². The Morgan fingerprint density at radius 3 is 2.17 bits per heavy atom. The van der Waals surface area contributed by atoms with Gasteiger partial charge in [-0.05, 0) is 24.3 Å². The largest absolute Gasteiger partial charge is 0.319 e. The molecule has 0 unspecified atom stereocenters. The second-order valence-electron chi connectivity index (χ2n) is 3.56. The number of hydrogen-bond donors (Lipinski definition) is 1.